The van der Waals surface area contributed by atoms with E-state index in [2.05, 4.69) is 93.4 Å². The van der Waals surface area contributed by atoms with Crippen molar-refractivity contribution in [1.29, 1.82) is 10.5 Å². The fourth-order valence-corrected chi connectivity index (χ4v) is 5.84. The fourth-order valence-electron chi connectivity index (χ4n) is 5.09. The highest BCUT2D eigenvalue weighted by Crippen LogP contribution is 2.38. The highest BCUT2D eigenvalue weighted by molar-refractivity contribution is 8.04. The van der Waals surface area contributed by atoms with Crippen LogP contribution in [0, 0.1) is 21.3 Å². The molecule has 6 rings (SSSR count). The molecule has 4 nitrogen and oxygen atoms in total. The zero-order chi connectivity index (χ0) is 30.1. The Hall–Kier alpha value is -5.40. The molecule has 0 N–H and O–H groups in total. The van der Waals surface area contributed by atoms with Crippen LogP contribution in [0.1, 0.15) is 0 Å². The van der Waals surface area contributed by atoms with Crippen LogP contribution in [0.5, 0.6) is 0 Å². The molecular weight excluding hydrogens is 577 g/mol. The van der Waals surface area contributed by atoms with E-state index in [1.807, 2.05) is 84.9 Å². The van der Waals surface area contributed by atoms with Crippen molar-refractivity contribution in [2.75, 3.05) is 9.80 Å². The summed E-state index contributed by atoms with van der Waals surface area (Å²) in [6, 6.07) is 53.9. The largest absolute Gasteiger partial charge is 0.311 e. The number of rotatable bonds is 9. The van der Waals surface area contributed by atoms with E-state index < -0.39 is 0 Å². The smallest absolute Gasteiger partial charge is 0.138 e. The fraction of sp³-hybridized carbons (Fsp3) is 0. The number of anilines is 6. The van der Waals surface area contributed by atoms with E-state index in [0.29, 0.717) is 0 Å². The topological polar surface area (TPSA) is 54.1 Å². The van der Waals surface area contributed by atoms with Gasteiger partial charge in [-0.3, -0.25) is 0 Å². The molecule has 0 aromatic heterocycles. The number of nitrogens with zero attached hydrogens (tertiary/aromatic N) is 4. The van der Waals surface area contributed by atoms with Crippen LogP contribution in [0.3, 0.4) is 0 Å². The Kier molecular flexibility index (Phi) is 8.95. The highest BCUT2D eigenvalue weighted by Gasteiger charge is 2.15. The average molecular weight is 603 g/mol. The summed E-state index contributed by atoms with van der Waals surface area (Å²) in [5, 5.41) is 22.4. The van der Waals surface area contributed by atoms with Crippen molar-refractivity contribution >= 4 is 57.6 Å². The van der Waals surface area contributed by atoms with Crippen LogP contribution < -0.4 is 9.80 Å². The lowest BCUT2D eigenvalue weighted by Gasteiger charge is -2.26. The molecule has 44 heavy (non-hydrogen) atoms. The highest BCUT2D eigenvalue weighted by atomic mass is 32.2. The molecule has 0 amide bonds. The second-order valence-corrected chi connectivity index (χ2v) is 11.5. The van der Waals surface area contributed by atoms with Gasteiger partial charge < -0.3 is 9.80 Å². The van der Waals surface area contributed by atoms with Crippen molar-refractivity contribution in [3.8, 4) is 21.9 Å². The molecule has 0 saturated heterocycles. The van der Waals surface area contributed by atoms with E-state index in [0.717, 1.165) is 78.6 Å². The molecule has 0 atom stereocenters. The number of nitriles is 2. The van der Waals surface area contributed by atoms with Gasteiger partial charge in [0.05, 0.1) is 0 Å². The SMILES string of the molecule is N#CSc1ccc(N(c2ccccc2)c2ccc(-c3ccc(N(c4ccccc4)c4ccc(SC#N)cc4)cc3)cc2)cc1. The third-order valence-corrected chi connectivity index (χ3v) is 8.33. The summed E-state index contributed by atoms with van der Waals surface area (Å²) >= 11 is 2.32. The van der Waals surface area contributed by atoms with Crippen LogP contribution in [0.2, 0.25) is 0 Å². The molecular formula is C38H26N4S2. The lowest BCUT2D eigenvalue weighted by Crippen LogP contribution is -2.10. The predicted octanol–water partition coefficient (Wildman–Crippen LogP) is 11.4. The van der Waals surface area contributed by atoms with Crippen LogP contribution in [0.4, 0.5) is 34.1 Å². The summed E-state index contributed by atoms with van der Waals surface area (Å²) in [6.45, 7) is 0. The molecule has 0 saturated carbocycles. The zero-order valence-corrected chi connectivity index (χ0v) is 25.2. The van der Waals surface area contributed by atoms with Gasteiger partial charge in [0.1, 0.15) is 10.8 Å². The van der Waals surface area contributed by atoms with Crippen molar-refractivity contribution in [3.05, 3.63) is 158 Å². The maximum atomic E-state index is 9.04. The van der Waals surface area contributed by atoms with Crippen LogP contribution >= 0.6 is 23.5 Å². The van der Waals surface area contributed by atoms with Gasteiger partial charge in [-0.05, 0) is 132 Å². The molecule has 6 heteroatoms. The summed E-state index contributed by atoms with van der Waals surface area (Å²) in [7, 11) is 0. The number of thioether (sulfide) groups is 2. The molecule has 0 heterocycles. The Bertz CT molecular complexity index is 1750. The normalized spacial score (nSPS) is 10.4. The summed E-state index contributed by atoms with van der Waals surface area (Å²) in [6.07, 6.45) is 0. The second kappa shape index (κ2) is 13.7. The Morgan fingerprint density at radius 3 is 0.909 bits per heavy atom. The van der Waals surface area contributed by atoms with Gasteiger partial charge >= 0.3 is 0 Å². The Morgan fingerprint density at radius 1 is 0.341 bits per heavy atom. The van der Waals surface area contributed by atoms with E-state index >= 15 is 0 Å². The molecule has 210 valence electrons. The third kappa shape index (κ3) is 6.48. The maximum absolute atomic E-state index is 9.04. The number of benzene rings is 6. The van der Waals surface area contributed by atoms with E-state index in [1.54, 1.807) is 0 Å². The summed E-state index contributed by atoms with van der Waals surface area (Å²) in [5.41, 5.74) is 8.51. The molecule has 0 aliphatic rings. The third-order valence-electron chi connectivity index (χ3n) is 7.13. The van der Waals surface area contributed by atoms with Crippen LogP contribution in [0.15, 0.2) is 168 Å². The summed E-state index contributed by atoms with van der Waals surface area (Å²) < 4.78 is 0. The molecule has 0 radical (unpaired) electrons. The van der Waals surface area contributed by atoms with Gasteiger partial charge in [0, 0.05) is 43.9 Å². The first kappa shape index (κ1) is 28.7. The Labute approximate surface area is 266 Å². The Morgan fingerprint density at radius 2 is 0.614 bits per heavy atom. The molecule has 0 unspecified atom stereocenters. The van der Waals surface area contributed by atoms with Crippen LogP contribution in [-0.2, 0) is 0 Å². The maximum Gasteiger partial charge on any atom is 0.138 e. The standard InChI is InChI=1S/C38H26N4S2/c39-27-43-37-23-19-35(20-24-37)41(31-7-3-1-4-8-31)33-15-11-29(12-16-33)30-13-17-34(18-14-30)42(32-9-5-2-6-10-32)36-21-25-38(26-22-36)44-28-40/h1-26H. The first-order valence-corrected chi connectivity index (χ1v) is 15.6. The van der Waals surface area contributed by atoms with Crippen LogP contribution in [-0.4, -0.2) is 0 Å². The van der Waals surface area contributed by atoms with Gasteiger partial charge in [0.2, 0.25) is 0 Å². The van der Waals surface area contributed by atoms with Crippen molar-refractivity contribution < 1.29 is 0 Å². The van der Waals surface area contributed by atoms with Gasteiger partial charge in [-0.2, -0.15) is 10.5 Å². The molecule has 0 bridgehead atoms. The van der Waals surface area contributed by atoms with Gasteiger partial charge in [-0.25, -0.2) is 0 Å². The lowest BCUT2D eigenvalue weighted by molar-refractivity contribution is 1.27. The average Bonchev–Trinajstić information content (AvgIpc) is 3.09. The van der Waals surface area contributed by atoms with Gasteiger partial charge in [-0.15, -0.1) is 0 Å². The first-order chi connectivity index (χ1) is 21.7. The summed E-state index contributed by atoms with van der Waals surface area (Å²) in [5.74, 6) is 0. The number of hydrogen-bond donors (Lipinski definition) is 0. The van der Waals surface area contributed by atoms with E-state index in [4.69, 9.17) is 10.5 Å². The minimum Gasteiger partial charge on any atom is -0.311 e. The molecule has 6 aromatic rings. The van der Waals surface area contributed by atoms with E-state index in [9.17, 15) is 0 Å². The molecule has 6 aromatic carbocycles. The van der Waals surface area contributed by atoms with Crippen molar-refractivity contribution in [2.45, 2.75) is 9.79 Å². The van der Waals surface area contributed by atoms with Gasteiger partial charge in [0.25, 0.3) is 0 Å². The number of para-hydroxylation sites is 2. The summed E-state index contributed by atoms with van der Waals surface area (Å²) in [4.78, 5) is 6.27. The number of hydrogen-bond acceptors (Lipinski definition) is 6. The number of thiocyanates is 2. The minimum absolute atomic E-state index is 0.920. The van der Waals surface area contributed by atoms with Crippen LogP contribution in [0.25, 0.3) is 11.1 Å². The van der Waals surface area contributed by atoms with Crippen molar-refractivity contribution in [1.82, 2.24) is 0 Å². The molecule has 0 fully saturated rings. The molecule has 0 spiro atoms. The van der Waals surface area contributed by atoms with Crippen molar-refractivity contribution in [3.63, 3.8) is 0 Å². The van der Waals surface area contributed by atoms with E-state index in [-0.39, 0.29) is 0 Å². The van der Waals surface area contributed by atoms with Crippen molar-refractivity contribution in [2.24, 2.45) is 0 Å². The molecule has 0 aliphatic heterocycles. The lowest BCUT2D eigenvalue weighted by atomic mass is 10.0. The Balaban J connectivity index is 1.29. The first-order valence-electron chi connectivity index (χ1n) is 14.0. The zero-order valence-electron chi connectivity index (χ0n) is 23.6. The minimum atomic E-state index is 0.920. The second-order valence-electron chi connectivity index (χ2n) is 9.81. The predicted molar refractivity (Wildman–Crippen MR) is 184 cm³/mol. The quantitative estimate of drug-likeness (QED) is 0.121. The monoisotopic (exact) mass is 602 g/mol. The van der Waals surface area contributed by atoms with Gasteiger partial charge in [-0.1, -0.05) is 60.7 Å². The molecule has 0 aliphatic carbocycles. The van der Waals surface area contributed by atoms with E-state index in [1.165, 1.54) is 0 Å². The van der Waals surface area contributed by atoms with Gasteiger partial charge in [0.15, 0.2) is 0 Å².